The molecule has 1 saturated heterocycles. The fourth-order valence-corrected chi connectivity index (χ4v) is 2.32. The molecule has 18 heavy (non-hydrogen) atoms. The first kappa shape index (κ1) is 12.5. The van der Waals surface area contributed by atoms with Gasteiger partial charge in [0.05, 0.1) is 17.7 Å². The number of hydrogen-bond donors (Lipinski definition) is 0. The molecule has 0 N–H and O–H groups in total. The topological polar surface area (TPSA) is 50.8 Å². The molecule has 2 rings (SSSR count). The van der Waals surface area contributed by atoms with Gasteiger partial charge in [-0.1, -0.05) is 6.07 Å². The summed E-state index contributed by atoms with van der Waals surface area (Å²) in [6, 6.07) is 8.65. The lowest BCUT2D eigenvalue weighted by molar-refractivity contribution is 0.176. The molecule has 92 valence electrons. The highest BCUT2D eigenvalue weighted by Crippen LogP contribution is 2.20. The molecule has 0 aromatic heterocycles. The van der Waals surface area contributed by atoms with Gasteiger partial charge >= 0.3 is 0 Å². The molecule has 1 aliphatic rings. The minimum absolute atomic E-state index is 0.0608. The van der Waals surface area contributed by atoms with Crippen LogP contribution in [0.2, 0.25) is 0 Å². The number of likely N-dealkylation sites (tertiary alicyclic amines) is 1. The van der Waals surface area contributed by atoms with E-state index in [0.29, 0.717) is 6.54 Å². The Hall–Kier alpha value is -1.91. The number of benzene rings is 1. The van der Waals surface area contributed by atoms with Gasteiger partial charge in [0.15, 0.2) is 0 Å². The van der Waals surface area contributed by atoms with E-state index < -0.39 is 5.82 Å². The monoisotopic (exact) mass is 243 g/mol. The van der Waals surface area contributed by atoms with Crippen molar-refractivity contribution in [2.24, 2.45) is 0 Å². The number of hydrogen-bond acceptors (Lipinski definition) is 3. The third kappa shape index (κ3) is 2.67. The van der Waals surface area contributed by atoms with Crippen LogP contribution in [0.3, 0.4) is 0 Å². The van der Waals surface area contributed by atoms with Crippen molar-refractivity contribution in [2.75, 3.05) is 6.54 Å². The molecule has 3 nitrogen and oxygen atoms in total. The van der Waals surface area contributed by atoms with Crippen LogP contribution in [0.5, 0.6) is 0 Å². The summed E-state index contributed by atoms with van der Waals surface area (Å²) >= 11 is 0. The van der Waals surface area contributed by atoms with Crippen LogP contribution in [0.25, 0.3) is 0 Å². The number of halogens is 1. The molecule has 1 aliphatic heterocycles. The Balaban J connectivity index is 2.14. The fraction of sp³-hybridized carbons (Fsp3) is 0.429. The summed E-state index contributed by atoms with van der Waals surface area (Å²) in [6.45, 7) is 1.49. The first-order chi connectivity index (χ1) is 8.74. The molecule has 0 saturated carbocycles. The largest absolute Gasteiger partial charge is 0.284 e. The molecule has 0 amide bonds. The lowest BCUT2D eigenvalue weighted by atomic mass is 10.0. The van der Waals surface area contributed by atoms with E-state index in [-0.39, 0.29) is 11.6 Å². The van der Waals surface area contributed by atoms with Gasteiger partial charge in [-0.25, -0.2) is 4.39 Å². The maximum absolute atomic E-state index is 13.2. The molecular weight excluding hydrogens is 229 g/mol. The van der Waals surface area contributed by atoms with Crippen LogP contribution >= 0.6 is 0 Å². The van der Waals surface area contributed by atoms with Gasteiger partial charge < -0.3 is 0 Å². The molecule has 1 heterocycles. The van der Waals surface area contributed by atoms with Gasteiger partial charge in [-0.3, -0.25) is 4.90 Å². The smallest absolute Gasteiger partial charge is 0.140 e. The third-order valence-electron chi connectivity index (χ3n) is 3.30. The molecule has 4 heteroatoms. The predicted octanol–water partition coefficient (Wildman–Crippen LogP) is 2.58. The maximum atomic E-state index is 13.2. The summed E-state index contributed by atoms with van der Waals surface area (Å²) in [6.07, 6.45) is 3.06. The molecule has 1 aromatic rings. The van der Waals surface area contributed by atoms with E-state index in [1.807, 2.05) is 6.07 Å². The molecule has 1 atom stereocenters. The van der Waals surface area contributed by atoms with Crippen molar-refractivity contribution < 1.29 is 4.39 Å². The second kappa shape index (κ2) is 5.62. The number of nitrogens with zero attached hydrogens (tertiary/aromatic N) is 3. The average molecular weight is 243 g/mol. The van der Waals surface area contributed by atoms with Gasteiger partial charge in [0.2, 0.25) is 0 Å². The van der Waals surface area contributed by atoms with Gasteiger partial charge in [-0.2, -0.15) is 10.5 Å². The van der Waals surface area contributed by atoms with Crippen LogP contribution in [0.15, 0.2) is 18.2 Å². The lowest BCUT2D eigenvalue weighted by Gasteiger charge is -2.31. The minimum Gasteiger partial charge on any atom is -0.284 e. The van der Waals surface area contributed by atoms with Gasteiger partial charge in [0.1, 0.15) is 11.9 Å². The first-order valence-corrected chi connectivity index (χ1v) is 6.07. The lowest BCUT2D eigenvalue weighted by Crippen LogP contribution is -2.37. The Morgan fingerprint density at radius 1 is 1.33 bits per heavy atom. The summed E-state index contributed by atoms with van der Waals surface area (Å²) in [4.78, 5) is 2.10. The van der Waals surface area contributed by atoms with E-state index in [4.69, 9.17) is 10.5 Å². The quantitative estimate of drug-likeness (QED) is 0.802. The van der Waals surface area contributed by atoms with Crippen molar-refractivity contribution in [1.82, 2.24) is 4.90 Å². The SMILES string of the molecule is N#Cc1cc(CN2CCCCC2C#N)ccc1F. The molecule has 1 unspecified atom stereocenters. The maximum Gasteiger partial charge on any atom is 0.140 e. The highest BCUT2D eigenvalue weighted by atomic mass is 19.1. The number of rotatable bonds is 2. The molecule has 1 fully saturated rings. The van der Waals surface area contributed by atoms with Gasteiger partial charge in [0.25, 0.3) is 0 Å². The van der Waals surface area contributed by atoms with Gasteiger partial charge in [0, 0.05) is 6.54 Å². The summed E-state index contributed by atoms with van der Waals surface area (Å²) in [5, 5.41) is 17.9. The van der Waals surface area contributed by atoms with Gasteiger partial charge in [-0.05, 0) is 43.5 Å². The van der Waals surface area contributed by atoms with Crippen molar-refractivity contribution in [2.45, 2.75) is 31.8 Å². The van der Waals surface area contributed by atoms with Crippen molar-refractivity contribution >= 4 is 0 Å². The Kier molecular flexibility index (Phi) is 3.92. The normalized spacial score (nSPS) is 20.1. The molecule has 0 radical (unpaired) electrons. The van der Waals surface area contributed by atoms with Crippen molar-refractivity contribution in [3.8, 4) is 12.1 Å². The van der Waals surface area contributed by atoms with Crippen LogP contribution in [0.4, 0.5) is 4.39 Å². The Morgan fingerprint density at radius 3 is 2.89 bits per heavy atom. The van der Waals surface area contributed by atoms with Crippen LogP contribution in [-0.4, -0.2) is 17.5 Å². The second-order valence-electron chi connectivity index (χ2n) is 4.54. The third-order valence-corrected chi connectivity index (χ3v) is 3.30. The fourth-order valence-electron chi connectivity index (χ4n) is 2.32. The zero-order valence-corrected chi connectivity index (χ0v) is 10.1. The Labute approximate surface area is 106 Å². The van der Waals surface area contributed by atoms with E-state index in [0.717, 1.165) is 31.4 Å². The Bertz CT molecular complexity index is 513. The number of nitriles is 2. The highest BCUT2D eigenvalue weighted by Gasteiger charge is 2.22. The van der Waals surface area contributed by atoms with E-state index in [2.05, 4.69) is 11.0 Å². The Morgan fingerprint density at radius 2 is 2.17 bits per heavy atom. The predicted molar refractivity (Wildman–Crippen MR) is 64.8 cm³/mol. The van der Waals surface area contributed by atoms with Crippen molar-refractivity contribution in [3.05, 3.63) is 35.1 Å². The van der Waals surface area contributed by atoms with Crippen LogP contribution < -0.4 is 0 Å². The van der Waals surface area contributed by atoms with E-state index in [9.17, 15) is 4.39 Å². The summed E-state index contributed by atoms with van der Waals surface area (Å²) in [5.41, 5.74) is 0.952. The molecule has 0 aliphatic carbocycles. The van der Waals surface area contributed by atoms with Crippen LogP contribution in [-0.2, 0) is 6.54 Å². The van der Waals surface area contributed by atoms with Gasteiger partial charge in [-0.15, -0.1) is 0 Å². The zero-order valence-electron chi connectivity index (χ0n) is 10.1. The molecule has 0 bridgehead atoms. The zero-order chi connectivity index (χ0) is 13.0. The highest BCUT2D eigenvalue weighted by molar-refractivity contribution is 5.34. The van der Waals surface area contributed by atoms with E-state index in [1.165, 1.54) is 6.07 Å². The summed E-state index contributed by atoms with van der Waals surface area (Å²) in [5.74, 6) is -0.489. The molecule has 1 aromatic carbocycles. The number of piperidine rings is 1. The standard InChI is InChI=1S/C14H14FN3/c15-14-5-4-11(7-12(14)8-16)10-18-6-2-1-3-13(18)9-17/h4-5,7,13H,1-3,6,10H2. The van der Waals surface area contributed by atoms with Crippen molar-refractivity contribution in [1.29, 1.82) is 10.5 Å². The second-order valence-corrected chi connectivity index (χ2v) is 4.54. The molecular formula is C14H14FN3. The first-order valence-electron chi connectivity index (χ1n) is 6.07. The van der Waals surface area contributed by atoms with Crippen molar-refractivity contribution in [3.63, 3.8) is 0 Å². The van der Waals surface area contributed by atoms with Crippen LogP contribution in [0, 0.1) is 28.5 Å². The van der Waals surface area contributed by atoms with Crippen LogP contribution in [0.1, 0.15) is 30.4 Å². The average Bonchev–Trinajstić information content (AvgIpc) is 2.41. The summed E-state index contributed by atoms with van der Waals surface area (Å²) < 4.78 is 13.2. The van der Waals surface area contributed by atoms with E-state index in [1.54, 1.807) is 12.1 Å². The molecule has 0 spiro atoms. The van der Waals surface area contributed by atoms with E-state index >= 15 is 0 Å². The summed E-state index contributed by atoms with van der Waals surface area (Å²) in [7, 11) is 0. The minimum atomic E-state index is -0.489.